The van der Waals surface area contributed by atoms with Crippen molar-refractivity contribution >= 4 is 17.6 Å². The Kier molecular flexibility index (Phi) is 8.34. The van der Waals surface area contributed by atoms with Gasteiger partial charge in [-0.1, -0.05) is 12.1 Å². The highest BCUT2D eigenvalue weighted by Gasteiger charge is 2.28. The highest BCUT2D eigenvalue weighted by molar-refractivity contribution is 6.15. The molecule has 9 nitrogen and oxygen atoms in total. The zero-order chi connectivity index (χ0) is 25.7. The first kappa shape index (κ1) is 26.0. The third kappa shape index (κ3) is 5.74. The first-order valence-electron chi connectivity index (χ1n) is 11.6. The van der Waals surface area contributed by atoms with Crippen LogP contribution in [-0.4, -0.2) is 94.0 Å². The second kappa shape index (κ2) is 11.2. The average molecular weight is 482 g/mol. The van der Waals surface area contributed by atoms with Gasteiger partial charge in [-0.3, -0.25) is 4.79 Å². The number of likely N-dealkylation sites (N-methyl/N-ethyl adjacent to an activating group) is 2. The Balaban J connectivity index is 2.05. The quantitative estimate of drug-likeness (QED) is 0.657. The Morgan fingerprint density at radius 3 is 2.26 bits per heavy atom. The average Bonchev–Trinajstić information content (AvgIpc) is 3.00. The third-order valence-electron chi connectivity index (χ3n) is 6.06. The van der Waals surface area contributed by atoms with Crippen LogP contribution in [0.2, 0.25) is 0 Å². The number of amides is 3. The first-order chi connectivity index (χ1) is 16.7. The molecule has 35 heavy (non-hydrogen) atoms. The molecule has 0 saturated carbocycles. The van der Waals surface area contributed by atoms with Crippen LogP contribution in [0.25, 0.3) is 0 Å². The van der Waals surface area contributed by atoms with Crippen molar-refractivity contribution in [2.24, 2.45) is 5.10 Å². The van der Waals surface area contributed by atoms with Crippen molar-refractivity contribution in [2.75, 3.05) is 55.5 Å². The van der Waals surface area contributed by atoms with Crippen LogP contribution in [0.5, 0.6) is 11.5 Å². The standard InChI is InChI=1S/C26H35N5O4/c1-17-14-20-15-22(34-6)23(35-7)16-21(20)24(28-31(17)26(33)27-2)18-8-10-19(11-9-18)25(32)30(5)13-12-29(3)4/h8-11,15-17H,12-14H2,1-7H3,(H,27,33)/t17-/m1/s1. The summed E-state index contributed by atoms with van der Waals surface area (Å²) in [6, 6.07) is 10.7. The lowest BCUT2D eigenvalue weighted by Gasteiger charge is -2.22. The number of fused-ring (bicyclic) bond motifs is 1. The van der Waals surface area contributed by atoms with Crippen LogP contribution in [0, 0.1) is 0 Å². The summed E-state index contributed by atoms with van der Waals surface area (Å²) in [5, 5.41) is 8.90. The zero-order valence-corrected chi connectivity index (χ0v) is 21.6. The number of nitrogens with zero attached hydrogens (tertiary/aromatic N) is 4. The predicted octanol–water partition coefficient (Wildman–Crippen LogP) is 2.68. The van der Waals surface area contributed by atoms with Crippen molar-refractivity contribution in [2.45, 2.75) is 19.4 Å². The van der Waals surface area contributed by atoms with Gasteiger partial charge in [-0.25, -0.2) is 9.80 Å². The van der Waals surface area contributed by atoms with Gasteiger partial charge in [0.05, 0.1) is 26.0 Å². The van der Waals surface area contributed by atoms with E-state index in [0.29, 0.717) is 35.7 Å². The molecule has 1 heterocycles. The van der Waals surface area contributed by atoms with Crippen LogP contribution < -0.4 is 14.8 Å². The molecule has 0 fully saturated rings. The molecule has 1 atom stereocenters. The van der Waals surface area contributed by atoms with Crippen LogP contribution in [-0.2, 0) is 6.42 Å². The maximum Gasteiger partial charge on any atom is 0.337 e. The van der Waals surface area contributed by atoms with Crippen LogP contribution in [0.1, 0.15) is 34.0 Å². The minimum Gasteiger partial charge on any atom is -0.493 e. The van der Waals surface area contributed by atoms with Gasteiger partial charge in [0.25, 0.3) is 5.91 Å². The fraction of sp³-hybridized carbons (Fsp3) is 0.423. The molecular weight excluding hydrogens is 446 g/mol. The molecule has 1 aliphatic heterocycles. The normalized spacial score (nSPS) is 15.1. The summed E-state index contributed by atoms with van der Waals surface area (Å²) in [5.41, 5.74) is 3.84. The van der Waals surface area contributed by atoms with Crippen LogP contribution in [0.15, 0.2) is 41.5 Å². The van der Waals surface area contributed by atoms with E-state index >= 15 is 0 Å². The Hall–Kier alpha value is -3.59. The van der Waals surface area contributed by atoms with Gasteiger partial charge in [0.1, 0.15) is 0 Å². The molecule has 0 aromatic heterocycles. The number of nitrogens with one attached hydrogen (secondary N) is 1. The Morgan fingerprint density at radius 1 is 1.06 bits per heavy atom. The number of hydrogen-bond donors (Lipinski definition) is 1. The topological polar surface area (TPSA) is 86.7 Å². The van der Waals surface area contributed by atoms with Crippen molar-refractivity contribution in [3.8, 4) is 11.5 Å². The number of carbonyl (C=O) groups is 2. The first-order valence-corrected chi connectivity index (χ1v) is 11.6. The molecule has 2 aromatic rings. The van der Waals surface area contributed by atoms with Gasteiger partial charge in [0, 0.05) is 43.9 Å². The number of carbonyl (C=O) groups excluding carboxylic acids is 2. The smallest absolute Gasteiger partial charge is 0.337 e. The van der Waals surface area contributed by atoms with Crippen LogP contribution >= 0.6 is 0 Å². The van der Waals surface area contributed by atoms with Crippen LogP contribution in [0.4, 0.5) is 4.79 Å². The molecule has 0 spiro atoms. The molecule has 3 rings (SSSR count). The van der Waals surface area contributed by atoms with Crippen molar-refractivity contribution < 1.29 is 19.1 Å². The number of urea groups is 1. The molecule has 2 aromatic carbocycles. The molecule has 1 aliphatic rings. The van der Waals surface area contributed by atoms with Crippen molar-refractivity contribution in [1.82, 2.24) is 20.1 Å². The van der Waals surface area contributed by atoms with Gasteiger partial charge in [-0.05, 0) is 57.3 Å². The minimum absolute atomic E-state index is 0.0476. The highest BCUT2D eigenvalue weighted by atomic mass is 16.5. The summed E-state index contributed by atoms with van der Waals surface area (Å²) in [7, 11) is 10.5. The Bertz CT molecular complexity index is 1100. The SMILES string of the molecule is CNC(=O)N1N=C(c2ccc(C(=O)N(C)CCN(C)C)cc2)c2cc(OC)c(OC)cc2C[C@H]1C. The van der Waals surface area contributed by atoms with E-state index in [9.17, 15) is 9.59 Å². The lowest BCUT2D eigenvalue weighted by atomic mass is 9.93. The number of hydrazone groups is 1. The number of rotatable bonds is 7. The third-order valence-corrected chi connectivity index (χ3v) is 6.06. The summed E-state index contributed by atoms with van der Waals surface area (Å²) >= 11 is 0. The van der Waals surface area contributed by atoms with E-state index in [1.54, 1.807) is 45.3 Å². The van der Waals surface area contributed by atoms with Gasteiger partial charge < -0.3 is 24.6 Å². The Labute approximate surface area is 207 Å². The van der Waals surface area contributed by atoms with Gasteiger partial charge in [0.2, 0.25) is 0 Å². The number of ether oxygens (including phenoxy) is 2. The van der Waals surface area contributed by atoms with E-state index in [1.165, 1.54) is 5.01 Å². The summed E-state index contributed by atoms with van der Waals surface area (Å²) < 4.78 is 11.1. The lowest BCUT2D eigenvalue weighted by molar-refractivity contribution is 0.0786. The fourth-order valence-corrected chi connectivity index (χ4v) is 3.99. The van der Waals surface area contributed by atoms with E-state index in [0.717, 1.165) is 23.2 Å². The molecule has 1 N–H and O–H groups in total. The molecule has 9 heteroatoms. The summed E-state index contributed by atoms with van der Waals surface area (Å²) in [5.74, 6) is 1.15. The lowest BCUT2D eigenvalue weighted by Crippen LogP contribution is -2.41. The summed E-state index contributed by atoms with van der Waals surface area (Å²) in [4.78, 5) is 29.2. The highest BCUT2D eigenvalue weighted by Crippen LogP contribution is 2.34. The number of hydrogen-bond acceptors (Lipinski definition) is 6. The molecule has 188 valence electrons. The predicted molar refractivity (Wildman–Crippen MR) is 137 cm³/mol. The monoisotopic (exact) mass is 481 g/mol. The van der Waals surface area contributed by atoms with Crippen LogP contribution in [0.3, 0.4) is 0 Å². The summed E-state index contributed by atoms with van der Waals surface area (Å²) in [6.07, 6.45) is 0.587. The Morgan fingerprint density at radius 2 is 1.69 bits per heavy atom. The number of benzene rings is 2. The van der Waals surface area contributed by atoms with Crippen molar-refractivity contribution in [3.63, 3.8) is 0 Å². The van der Waals surface area contributed by atoms with Crippen molar-refractivity contribution in [1.29, 1.82) is 0 Å². The summed E-state index contributed by atoms with van der Waals surface area (Å²) in [6.45, 7) is 3.37. The van der Waals surface area contributed by atoms with E-state index in [-0.39, 0.29) is 18.0 Å². The van der Waals surface area contributed by atoms with E-state index < -0.39 is 0 Å². The largest absolute Gasteiger partial charge is 0.493 e. The molecule has 0 saturated heterocycles. The fourth-order valence-electron chi connectivity index (χ4n) is 3.99. The van der Waals surface area contributed by atoms with Gasteiger partial charge >= 0.3 is 6.03 Å². The van der Waals surface area contributed by atoms with Gasteiger partial charge in [-0.2, -0.15) is 5.10 Å². The van der Waals surface area contributed by atoms with E-state index in [1.807, 2.05) is 50.2 Å². The maximum atomic E-state index is 12.9. The maximum absolute atomic E-state index is 12.9. The number of methoxy groups -OCH3 is 2. The molecule has 0 unspecified atom stereocenters. The molecule has 0 bridgehead atoms. The molecule has 3 amide bonds. The zero-order valence-electron chi connectivity index (χ0n) is 21.6. The van der Waals surface area contributed by atoms with Gasteiger partial charge in [0.15, 0.2) is 11.5 Å². The molecular formula is C26H35N5O4. The van der Waals surface area contributed by atoms with E-state index in [4.69, 9.17) is 14.6 Å². The second-order valence-corrected chi connectivity index (χ2v) is 8.87. The minimum atomic E-state index is -0.295. The molecule has 0 aliphatic carbocycles. The van der Waals surface area contributed by atoms with E-state index in [2.05, 4.69) is 5.32 Å². The van der Waals surface area contributed by atoms with Gasteiger partial charge in [-0.15, -0.1) is 0 Å². The molecule has 0 radical (unpaired) electrons. The van der Waals surface area contributed by atoms with Crippen molar-refractivity contribution in [3.05, 3.63) is 58.7 Å². The second-order valence-electron chi connectivity index (χ2n) is 8.87.